The van der Waals surface area contributed by atoms with Crippen LogP contribution in [0.1, 0.15) is 50.4 Å². The van der Waals surface area contributed by atoms with Crippen LogP contribution in [0.15, 0.2) is 18.2 Å². The fourth-order valence-corrected chi connectivity index (χ4v) is 3.71. The molecule has 1 atom stereocenters. The Hall–Kier alpha value is -0.570. The van der Waals surface area contributed by atoms with E-state index in [1.807, 2.05) is 6.92 Å². The van der Waals surface area contributed by atoms with Crippen LogP contribution >= 0.6 is 23.2 Å². The molecule has 1 saturated heterocycles. The summed E-state index contributed by atoms with van der Waals surface area (Å²) in [5, 5.41) is 0.997. The molecule has 1 fully saturated rings. The first-order valence-corrected chi connectivity index (χ1v) is 8.41. The number of ketones is 1. The molecule has 1 aliphatic rings. The normalized spacial score (nSPS) is 19.7. The average molecular weight is 328 g/mol. The van der Waals surface area contributed by atoms with Crippen LogP contribution in [-0.2, 0) is 0 Å². The number of Topliss-reactive ketones (excluding diaryl/α,β-unsaturated/α-hetero) is 1. The van der Waals surface area contributed by atoms with Gasteiger partial charge in [0.2, 0.25) is 0 Å². The lowest BCUT2D eigenvalue weighted by atomic mass is 9.82. The third-order valence-corrected chi connectivity index (χ3v) is 5.64. The number of likely N-dealkylation sites (tertiary alicyclic amines) is 1. The van der Waals surface area contributed by atoms with Gasteiger partial charge in [-0.1, -0.05) is 37.0 Å². The fraction of sp³-hybridized carbons (Fsp3) is 0.588. The van der Waals surface area contributed by atoms with Crippen LogP contribution in [0.2, 0.25) is 10.0 Å². The highest BCUT2D eigenvalue weighted by molar-refractivity contribution is 6.37. The van der Waals surface area contributed by atoms with Gasteiger partial charge in [-0.05, 0) is 56.3 Å². The summed E-state index contributed by atoms with van der Waals surface area (Å²) in [5.41, 5.74) is 0.942. The molecule has 0 amide bonds. The van der Waals surface area contributed by atoms with Crippen molar-refractivity contribution in [2.45, 2.75) is 46.1 Å². The standard InChI is InChI=1S/C17H23Cl2NO/c1-4-17(5-2)8-9-20(11-17)12(3)16(21)14-7-6-13(18)10-15(14)19/h6-7,10,12H,4-5,8-9,11H2,1-3H3. The van der Waals surface area contributed by atoms with Crippen LogP contribution < -0.4 is 0 Å². The van der Waals surface area contributed by atoms with Crippen molar-refractivity contribution in [3.8, 4) is 0 Å². The molecular weight excluding hydrogens is 305 g/mol. The van der Waals surface area contributed by atoms with Crippen LogP contribution in [0.4, 0.5) is 0 Å². The van der Waals surface area contributed by atoms with Crippen molar-refractivity contribution in [1.29, 1.82) is 0 Å². The second kappa shape index (κ2) is 6.68. The quantitative estimate of drug-likeness (QED) is 0.703. The van der Waals surface area contributed by atoms with Crippen molar-refractivity contribution >= 4 is 29.0 Å². The minimum absolute atomic E-state index is 0.0830. The molecule has 0 N–H and O–H groups in total. The lowest BCUT2D eigenvalue weighted by Crippen LogP contribution is -2.39. The van der Waals surface area contributed by atoms with Gasteiger partial charge in [0.25, 0.3) is 0 Å². The number of rotatable bonds is 5. The maximum Gasteiger partial charge on any atom is 0.181 e. The van der Waals surface area contributed by atoms with Gasteiger partial charge in [-0.3, -0.25) is 9.69 Å². The van der Waals surface area contributed by atoms with Crippen molar-refractivity contribution in [3.05, 3.63) is 33.8 Å². The van der Waals surface area contributed by atoms with Crippen molar-refractivity contribution in [2.75, 3.05) is 13.1 Å². The van der Waals surface area contributed by atoms with Gasteiger partial charge in [-0.25, -0.2) is 0 Å². The van der Waals surface area contributed by atoms with Gasteiger partial charge < -0.3 is 0 Å². The first-order chi connectivity index (χ1) is 9.92. The summed E-state index contributed by atoms with van der Waals surface area (Å²) < 4.78 is 0. The Bertz CT molecular complexity index is 526. The van der Waals surface area contributed by atoms with Crippen LogP contribution in [0.3, 0.4) is 0 Å². The van der Waals surface area contributed by atoms with E-state index in [-0.39, 0.29) is 11.8 Å². The molecule has 0 saturated carbocycles. The molecule has 1 aliphatic heterocycles. The summed E-state index contributed by atoms with van der Waals surface area (Å²) in [6.07, 6.45) is 3.51. The number of benzene rings is 1. The summed E-state index contributed by atoms with van der Waals surface area (Å²) in [7, 11) is 0. The second-order valence-corrected chi connectivity index (χ2v) is 6.94. The SMILES string of the molecule is CCC1(CC)CCN(C(C)C(=O)c2ccc(Cl)cc2Cl)C1. The van der Waals surface area contributed by atoms with E-state index in [1.165, 1.54) is 19.3 Å². The molecular formula is C17H23Cl2NO. The summed E-state index contributed by atoms with van der Waals surface area (Å²) in [5.74, 6) is 0.0830. The van der Waals surface area contributed by atoms with Gasteiger partial charge in [0, 0.05) is 17.1 Å². The van der Waals surface area contributed by atoms with E-state index in [9.17, 15) is 4.79 Å². The molecule has 0 radical (unpaired) electrons. The molecule has 4 heteroatoms. The molecule has 1 aromatic carbocycles. The molecule has 21 heavy (non-hydrogen) atoms. The number of nitrogens with zero attached hydrogens (tertiary/aromatic N) is 1. The van der Waals surface area contributed by atoms with E-state index in [0.29, 0.717) is 21.0 Å². The molecule has 1 aromatic rings. The smallest absolute Gasteiger partial charge is 0.181 e. The first kappa shape index (κ1) is 16.8. The Kier molecular flexibility index (Phi) is 5.34. The molecule has 1 unspecified atom stereocenters. The Morgan fingerprint density at radius 2 is 2.00 bits per heavy atom. The molecule has 1 heterocycles. The van der Waals surface area contributed by atoms with E-state index in [0.717, 1.165) is 13.1 Å². The Morgan fingerprint density at radius 1 is 1.33 bits per heavy atom. The van der Waals surface area contributed by atoms with Gasteiger partial charge in [0.15, 0.2) is 5.78 Å². The predicted octanol–water partition coefficient (Wildman–Crippen LogP) is 5.08. The van der Waals surface area contributed by atoms with E-state index in [4.69, 9.17) is 23.2 Å². The zero-order chi connectivity index (χ0) is 15.6. The number of halogens is 2. The van der Waals surface area contributed by atoms with Crippen LogP contribution in [0, 0.1) is 5.41 Å². The van der Waals surface area contributed by atoms with Crippen molar-refractivity contribution < 1.29 is 4.79 Å². The van der Waals surface area contributed by atoms with E-state index < -0.39 is 0 Å². The van der Waals surface area contributed by atoms with E-state index in [2.05, 4.69) is 18.7 Å². The maximum atomic E-state index is 12.7. The van der Waals surface area contributed by atoms with Gasteiger partial charge >= 0.3 is 0 Å². The lowest BCUT2D eigenvalue weighted by Gasteiger charge is -2.29. The number of hydrogen-bond donors (Lipinski definition) is 0. The predicted molar refractivity (Wildman–Crippen MR) is 89.5 cm³/mol. The van der Waals surface area contributed by atoms with Crippen molar-refractivity contribution in [1.82, 2.24) is 4.90 Å². The Balaban J connectivity index is 2.13. The van der Waals surface area contributed by atoms with Crippen LogP contribution in [-0.4, -0.2) is 29.8 Å². The second-order valence-electron chi connectivity index (χ2n) is 6.09. The highest BCUT2D eigenvalue weighted by atomic mass is 35.5. The maximum absolute atomic E-state index is 12.7. The van der Waals surface area contributed by atoms with Gasteiger partial charge in [-0.15, -0.1) is 0 Å². The van der Waals surface area contributed by atoms with E-state index >= 15 is 0 Å². The summed E-state index contributed by atoms with van der Waals surface area (Å²) in [6, 6.07) is 4.95. The molecule has 0 aliphatic carbocycles. The zero-order valence-corrected chi connectivity index (χ0v) is 14.5. The highest BCUT2D eigenvalue weighted by Crippen LogP contribution is 2.38. The van der Waals surface area contributed by atoms with Crippen molar-refractivity contribution in [2.24, 2.45) is 5.41 Å². The Labute approximate surface area is 137 Å². The lowest BCUT2D eigenvalue weighted by molar-refractivity contribution is 0.0850. The average Bonchev–Trinajstić information content (AvgIpc) is 2.91. The molecule has 116 valence electrons. The van der Waals surface area contributed by atoms with Crippen LogP contribution in [0.25, 0.3) is 0 Å². The third kappa shape index (κ3) is 3.44. The third-order valence-electron chi connectivity index (χ3n) is 5.09. The summed E-state index contributed by atoms with van der Waals surface area (Å²) >= 11 is 12.1. The summed E-state index contributed by atoms with van der Waals surface area (Å²) in [4.78, 5) is 15.0. The fourth-order valence-electron chi connectivity index (χ4n) is 3.21. The first-order valence-electron chi connectivity index (χ1n) is 7.66. The van der Waals surface area contributed by atoms with Gasteiger partial charge in [0.05, 0.1) is 11.1 Å². The van der Waals surface area contributed by atoms with E-state index in [1.54, 1.807) is 18.2 Å². The molecule has 0 bridgehead atoms. The minimum atomic E-state index is -0.136. The number of hydrogen-bond acceptors (Lipinski definition) is 2. The van der Waals surface area contributed by atoms with Crippen molar-refractivity contribution in [3.63, 3.8) is 0 Å². The topological polar surface area (TPSA) is 20.3 Å². The number of carbonyl (C=O) groups excluding carboxylic acids is 1. The largest absolute Gasteiger partial charge is 0.293 e. The number of carbonyl (C=O) groups is 1. The zero-order valence-electron chi connectivity index (χ0n) is 13.0. The monoisotopic (exact) mass is 327 g/mol. The Morgan fingerprint density at radius 3 is 2.52 bits per heavy atom. The molecule has 0 spiro atoms. The molecule has 2 nitrogen and oxygen atoms in total. The minimum Gasteiger partial charge on any atom is -0.293 e. The molecule has 0 aromatic heterocycles. The van der Waals surface area contributed by atoms with Gasteiger partial charge in [-0.2, -0.15) is 0 Å². The summed E-state index contributed by atoms with van der Waals surface area (Å²) in [6.45, 7) is 8.46. The van der Waals surface area contributed by atoms with Crippen LogP contribution in [0.5, 0.6) is 0 Å². The van der Waals surface area contributed by atoms with Gasteiger partial charge in [0.1, 0.15) is 0 Å². The molecule has 2 rings (SSSR count). The highest BCUT2D eigenvalue weighted by Gasteiger charge is 2.38.